The Morgan fingerprint density at radius 3 is 2.31 bits per heavy atom. The third kappa shape index (κ3) is 4.66. The van der Waals surface area contributed by atoms with E-state index in [2.05, 4.69) is 9.71 Å². The Balaban J connectivity index is 1.98. The molecule has 0 radical (unpaired) electrons. The van der Waals surface area contributed by atoms with Gasteiger partial charge in [0.05, 0.1) is 4.90 Å². The monoisotopic (exact) mass is 438 g/mol. The topological polar surface area (TPSA) is 93.2 Å². The minimum absolute atomic E-state index is 0.00927. The van der Waals surface area contributed by atoms with Crippen LogP contribution in [0.2, 0.25) is 0 Å². The predicted molar refractivity (Wildman–Crippen MR) is 102 cm³/mol. The molecule has 0 fully saturated rings. The molecule has 0 bridgehead atoms. The SMILES string of the molecule is O=S(=O)(NCC(c1cccnc1)S(=O)(=O)c1ccccc1)c1cc(F)ccc1F. The van der Waals surface area contributed by atoms with Crippen molar-refractivity contribution < 1.29 is 25.6 Å². The summed E-state index contributed by atoms with van der Waals surface area (Å²) >= 11 is 0. The molecule has 29 heavy (non-hydrogen) atoms. The van der Waals surface area contributed by atoms with E-state index >= 15 is 0 Å². The molecule has 0 saturated carbocycles. The number of rotatable bonds is 7. The van der Waals surface area contributed by atoms with Crippen LogP contribution < -0.4 is 4.72 Å². The van der Waals surface area contributed by atoms with Gasteiger partial charge in [0.2, 0.25) is 10.0 Å². The number of aromatic nitrogens is 1. The summed E-state index contributed by atoms with van der Waals surface area (Å²) in [5.41, 5.74) is 0.249. The van der Waals surface area contributed by atoms with Crippen molar-refractivity contribution in [2.45, 2.75) is 15.0 Å². The van der Waals surface area contributed by atoms with Crippen molar-refractivity contribution in [3.05, 3.63) is 90.3 Å². The second kappa shape index (κ2) is 8.36. The number of sulfonamides is 1. The average molecular weight is 438 g/mol. The Morgan fingerprint density at radius 2 is 1.66 bits per heavy atom. The molecule has 152 valence electrons. The van der Waals surface area contributed by atoms with Crippen LogP contribution in [0.4, 0.5) is 8.78 Å². The van der Waals surface area contributed by atoms with E-state index in [-0.39, 0.29) is 10.5 Å². The molecule has 1 heterocycles. The van der Waals surface area contributed by atoms with Crippen molar-refractivity contribution in [2.24, 2.45) is 0 Å². The largest absolute Gasteiger partial charge is 0.264 e. The van der Waals surface area contributed by atoms with Crippen LogP contribution in [0.15, 0.2) is 82.8 Å². The van der Waals surface area contributed by atoms with Crippen molar-refractivity contribution in [3.63, 3.8) is 0 Å². The van der Waals surface area contributed by atoms with Crippen LogP contribution in [0.5, 0.6) is 0 Å². The lowest BCUT2D eigenvalue weighted by Crippen LogP contribution is -2.32. The van der Waals surface area contributed by atoms with Crippen LogP contribution in [0.3, 0.4) is 0 Å². The molecular weight excluding hydrogens is 422 g/mol. The van der Waals surface area contributed by atoms with Crippen molar-refractivity contribution >= 4 is 19.9 Å². The standard InChI is InChI=1S/C19H16F2N2O4S2/c20-15-8-9-17(21)18(11-15)29(26,27)23-13-19(14-5-4-10-22-12-14)28(24,25)16-6-2-1-3-7-16/h1-12,19,23H,13H2. The molecule has 0 aliphatic carbocycles. The minimum atomic E-state index is -4.51. The summed E-state index contributed by atoms with van der Waals surface area (Å²) in [6, 6.07) is 12.5. The first-order chi connectivity index (χ1) is 13.7. The summed E-state index contributed by atoms with van der Waals surface area (Å²) in [7, 11) is -8.52. The molecule has 10 heteroatoms. The molecule has 3 rings (SSSR count). The van der Waals surface area contributed by atoms with Gasteiger partial charge in [0, 0.05) is 18.9 Å². The van der Waals surface area contributed by atoms with Crippen LogP contribution in [-0.4, -0.2) is 28.4 Å². The van der Waals surface area contributed by atoms with E-state index < -0.39 is 48.2 Å². The number of benzene rings is 2. The van der Waals surface area contributed by atoms with E-state index in [9.17, 15) is 25.6 Å². The number of pyridine rings is 1. The molecule has 0 spiro atoms. The number of nitrogens with one attached hydrogen (secondary N) is 1. The molecule has 0 aliphatic rings. The lowest BCUT2D eigenvalue weighted by Gasteiger charge is -2.19. The van der Waals surface area contributed by atoms with E-state index in [1.165, 1.54) is 36.7 Å². The molecule has 3 aromatic rings. The van der Waals surface area contributed by atoms with E-state index in [1.807, 2.05) is 0 Å². The molecule has 1 N–H and O–H groups in total. The lowest BCUT2D eigenvalue weighted by molar-refractivity contribution is 0.543. The molecule has 0 amide bonds. The van der Waals surface area contributed by atoms with Crippen molar-refractivity contribution in [3.8, 4) is 0 Å². The zero-order chi connectivity index (χ0) is 21.1. The molecule has 0 aliphatic heterocycles. The average Bonchev–Trinajstić information content (AvgIpc) is 2.71. The highest BCUT2D eigenvalue weighted by atomic mass is 32.2. The van der Waals surface area contributed by atoms with E-state index in [1.54, 1.807) is 18.2 Å². The summed E-state index contributed by atoms with van der Waals surface area (Å²) in [4.78, 5) is 2.98. The Morgan fingerprint density at radius 1 is 0.931 bits per heavy atom. The van der Waals surface area contributed by atoms with E-state index in [0.717, 1.165) is 6.07 Å². The third-order valence-electron chi connectivity index (χ3n) is 4.14. The highest BCUT2D eigenvalue weighted by molar-refractivity contribution is 7.92. The first-order valence-electron chi connectivity index (χ1n) is 8.35. The number of hydrogen-bond acceptors (Lipinski definition) is 5. The lowest BCUT2D eigenvalue weighted by atomic mass is 10.2. The molecular formula is C19H16F2N2O4S2. The Bertz CT molecular complexity index is 1200. The van der Waals surface area contributed by atoms with Gasteiger partial charge in [0.1, 0.15) is 21.8 Å². The van der Waals surface area contributed by atoms with Gasteiger partial charge in [-0.15, -0.1) is 0 Å². The highest BCUT2D eigenvalue weighted by Crippen LogP contribution is 2.28. The van der Waals surface area contributed by atoms with Crippen molar-refractivity contribution in [1.29, 1.82) is 0 Å². The van der Waals surface area contributed by atoms with E-state index in [4.69, 9.17) is 0 Å². The second-order valence-electron chi connectivity index (χ2n) is 6.06. The number of sulfone groups is 1. The third-order valence-corrected chi connectivity index (χ3v) is 7.70. The van der Waals surface area contributed by atoms with Gasteiger partial charge in [-0.1, -0.05) is 24.3 Å². The van der Waals surface area contributed by atoms with Crippen LogP contribution >= 0.6 is 0 Å². The maximum absolute atomic E-state index is 13.9. The van der Waals surface area contributed by atoms with Crippen LogP contribution in [-0.2, 0) is 19.9 Å². The smallest absolute Gasteiger partial charge is 0.243 e. The van der Waals surface area contributed by atoms with Gasteiger partial charge in [0.15, 0.2) is 9.84 Å². The summed E-state index contributed by atoms with van der Waals surface area (Å²) < 4.78 is 80.5. The van der Waals surface area contributed by atoms with Crippen molar-refractivity contribution in [2.75, 3.05) is 6.54 Å². The summed E-state index contributed by atoms with van der Waals surface area (Å²) in [5, 5.41) is -1.33. The van der Waals surface area contributed by atoms with Gasteiger partial charge in [-0.3, -0.25) is 4.98 Å². The molecule has 1 aromatic heterocycles. The molecule has 0 saturated heterocycles. The zero-order valence-electron chi connectivity index (χ0n) is 14.9. The predicted octanol–water partition coefficient (Wildman–Crippen LogP) is 2.85. The van der Waals surface area contributed by atoms with E-state index in [0.29, 0.717) is 12.1 Å². The van der Waals surface area contributed by atoms with Gasteiger partial charge >= 0.3 is 0 Å². The van der Waals surface area contributed by atoms with Crippen LogP contribution in [0.1, 0.15) is 10.8 Å². The maximum Gasteiger partial charge on any atom is 0.243 e. The normalized spacial score (nSPS) is 13.2. The maximum atomic E-state index is 13.9. The fraction of sp³-hybridized carbons (Fsp3) is 0.105. The fourth-order valence-corrected chi connectivity index (χ4v) is 5.60. The van der Waals surface area contributed by atoms with Crippen LogP contribution in [0, 0.1) is 11.6 Å². The van der Waals surface area contributed by atoms with Gasteiger partial charge in [0.25, 0.3) is 0 Å². The van der Waals surface area contributed by atoms with Gasteiger partial charge in [-0.2, -0.15) is 0 Å². The van der Waals surface area contributed by atoms with Gasteiger partial charge in [-0.05, 0) is 42.0 Å². The Labute approximate surface area is 167 Å². The molecule has 1 atom stereocenters. The van der Waals surface area contributed by atoms with Gasteiger partial charge < -0.3 is 0 Å². The Hall–Kier alpha value is -2.69. The first-order valence-corrected chi connectivity index (χ1v) is 11.4. The molecule has 2 aromatic carbocycles. The van der Waals surface area contributed by atoms with Crippen molar-refractivity contribution in [1.82, 2.24) is 9.71 Å². The Kier molecular flexibility index (Phi) is 6.06. The minimum Gasteiger partial charge on any atom is -0.264 e. The van der Waals surface area contributed by atoms with Gasteiger partial charge in [-0.25, -0.2) is 30.3 Å². The van der Waals surface area contributed by atoms with Crippen LogP contribution in [0.25, 0.3) is 0 Å². The molecule has 6 nitrogen and oxygen atoms in total. The zero-order valence-corrected chi connectivity index (χ0v) is 16.5. The number of halogens is 2. The number of hydrogen-bond donors (Lipinski definition) is 1. The summed E-state index contributed by atoms with van der Waals surface area (Å²) in [6.07, 6.45) is 2.75. The number of nitrogens with zero attached hydrogens (tertiary/aromatic N) is 1. The highest BCUT2D eigenvalue weighted by Gasteiger charge is 2.31. The first kappa shape index (κ1) is 21.0. The summed E-state index contributed by atoms with van der Waals surface area (Å²) in [5.74, 6) is -2.09. The second-order valence-corrected chi connectivity index (χ2v) is 9.93. The summed E-state index contributed by atoms with van der Waals surface area (Å²) in [6.45, 7) is -0.596. The fourth-order valence-electron chi connectivity index (χ4n) is 2.69. The quantitative estimate of drug-likeness (QED) is 0.612. The molecule has 1 unspecified atom stereocenters.